The molecular formula is C12H13ClO. The molecule has 1 aromatic rings. The van der Waals surface area contributed by atoms with Crippen molar-refractivity contribution in [3.63, 3.8) is 0 Å². The summed E-state index contributed by atoms with van der Waals surface area (Å²) in [5.74, 6) is 0. The fraction of sp³-hybridized carbons (Fsp3) is 0.333. The lowest BCUT2D eigenvalue weighted by Crippen LogP contribution is -2.38. The molecule has 1 aliphatic rings. The molecule has 0 radical (unpaired) electrons. The van der Waals surface area contributed by atoms with E-state index in [9.17, 15) is 5.11 Å². The van der Waals surface area contributed by atoms with Crippen molar-refractivity contribution in [2.45, 2.75) is 23.8 Å². The summed E-state index contributed by atoms with van der Waals surface area (Å²) >= 11 is 6.13. The highest BCUT2D eigenvalue weighted by molar-refractivity contribution is 6.21. The number of hydrogen-bond donors (Lipinski definition) is 1. The van der Waals surface area contributed by atoms with Crippen molar-refractivity contribution in [2.24, 2.45) is 0 Å². The topological polar surface area (TPSA) is 20.2 Å². The standard InChI is InChI=1S/C12H13ClO/c1-2-12(14)10-6-4-3-5-9(10)7-8-11(12)13/h2-6,11,14H,1,7-8H2/t11-,12+/m0/s1. The maximum atomic E-state index is 10.4. The first-order chi connectivity index (χ1) is 6.68. The minimum atomic E-state index is -1.06. The fourth-order valence-electron chi connectivity index (χ4n) is 2.04. The molecular weight excluding hydrogens is 196 g/mol. The zero-order valence-corrected chi connectivity index (χ0v) is 8.67. The molecule has 0 heterocycles. The van der Waals surface area contributed by atoms with Gasteiger partial charge in [-0.15, -0.1) is 11.6 Å². The number of hydrogen-bond acceptors (Lipinski definition) is 1. The van der Waals surface area contributed by atoms with E-state index in [1.54, 1.807) is 6.08 Å². The van der Waals surface area contributed by atoms with E-state index in [1.165, 1.54) is 5.56 Å². The summed E-state index contributed by atoms with van der Waals surface area (Å²) in [5.41, 5.74) is 1.02. The van der Waals surface area contributed by atoms with Crippen LogP contribution in [0.4, 0.5) is 0 Å². The molecule has 1 N–H and O–H groups in total. The lowest BCUT2D eigenvalue weighted by atomic mass is 9.79. The van der Waals surface area contributed by atoms with E-state index < -0.39 is 5.60 Å². The molecule has 2 heteroatoms. The Kier molecular flexibility index (Phi) is 2.38. The van der Waals surface area contributed by atoms with Crippen LogP contribution < -0.4 is 0 Å². The number of aryl methyl sites for hydroxylation is 1. The van der Waals surface area contributed by atoms with Crippen LogP contribution in [0.1, 0.15) is 17.5 Å². The van der Waals surface area contributed by atoms with E-state index in [0.29, 0.717) is 0 Å². The van der Waals surface area contributed by atoms with Crippen LogP contribution in [-0.4, -0.2) is 10.5 Å². The Morgan fingerprint density at radius 1 is 1.50 bits per heavy atom. The monoisotopic (exact) mass is 208 g/mol. The van der Waals surface area contributed by atoms with E-state index in [2.05, 4.69) is 6.58 Å². The summed E-state index contributed by atoms with van der Waals surface area (Å²) in [6, 6.07) is 7.86. The number of fused-ring (bicyclic) bond motifs is 1. The van der Waals surface area contributed by atoms with Gasteiger partial charge in [0.15, 0.2) is 0 Å². The summed E-state index contributed by atoms with van der Waals surface area (Å²) in [6.07, 6.45) is 3.27. The van der Waals surface area contributed by atoms with Crippen molar-refractivity contribution in [2.75, 3.05) is 0 Å². The molecule has 1 aromatic carbocycles. The molecule has 0 aromatic heterocycles. The SMILES string of the molecule is C=C[C@@]1(O)c2ccccc2CC[C@@H]1Cl. The lowest BCUT2D eigenvalue weighted by Gasteiger charge is -2.35. The highest BCUT2D eigenvalue weighted by Crippen LogP contribution is 2.39. The lowest BCUT2D eigenvalue weighted by molar-refractivity contribution is 0.0747. The average Bonchev–Trinajstić information content (AvgIpc) is 2.24. The molecule has 0 amide bonds. The molecule has 0 spiro atoms. The molecule has 0 saturated heterocycles. The van der Waals surface area contributed by atoms with E-state index in [4.69, 9.17) is 11.6 Å². The maximum absolute atomic E-state index is 10.4. The first kappa shape index (κ1) is 9.75. The van der Waals surface area contributed by atoms with Crippen molar-refractivity contribution < 1.29 is 5.11 Å². The van der Waals surface area contributed by atoms with Gasteiger partial charge in [-0.2, -0.15) is 0 Å². The summed E-state index contributed by atoms with van der Waals surface area (Å²) in [6.45, 7) is 3.67. The third-order valence-electron chi connectivity index (χ3n) is 2.90. The molecule has 0 saturated carbocycles. The number of aliphatic hydroxyl groups is 1. The van der Waals surface area contributed by atoms with Gasteiger partial charge in [0.25, 0.3) is 0 Å². The van der Waals surface area contributed by atoms with Crippen LogP contribution in [0.5, 0.6) is 0 Å². The van der Waals surface area contributed by atoms with Crippen molar-refractivity contribution in [1.29, 1.82) is 0 Å². The molecule has 1 aliphatic carbocycles. The molecule has 0 unspecified atom stereocenters. The van der Waals surface area contributed by atoms with Crippen molar-refractivity contribution in [1.82, 2.24) is 0 Å². The smallest absolute Gasteiger partial charge is 0.124 e. The Bertz CT molecular complexity index is 361. The predicted molar refractivity (Wildman–Crippen MR) is 58.5 cm³/mol. The van der Waals surface area contributed by atoms with Gasteiger partial charge in [-0.1, -0.05) is 36.9 Å². The largest absolute Gasteiger partial charge is 0.379 e. The van der Waals surface area contributed by atoms with Crippen LogP contribution in [0, 0.1) is 0 Å². The Morgan fingerprint density at radius 2 is 2.21 bits per heavy atom. The number of halogens is 1. The zero-order chi connectivity index (χ0) is 10.2. The first-order valence-electron chi connectivity index (χ1n) is 4.77. The van der Waals surface area contributed by atoms with Crippen LogP contribution >= 0.6 is 11.6 Å². The Morgan fingerprint density at radius 3 is 2.93 bits per heavy atom. The minimum Gasteiger partial charge on any atom is -0.379 e. The molecule has 0 fully saturated rings. The van der Waals surface area contributed by atoms with Gasteiger partial charge in [-0.25, -0.2) is 0 Å². The summed E-state index contributed by atoms with van der Waals surface area (Å²) in [4.78, 5) is 0. The summed E-state index contributed by atoms with van der Waals surface area (Å²) < 4.78 is 0. The second kappa shape index (κ2) is 3.41. The zero-order valence-electron chi connectivity index (χ0n) is 7.91. The van der Waals surface area contributed by atoms with Gasteiger partial charge in [0.2, 0.25) is 0 Å². The minimum absolute atomic E-state index is 0.269. The fourth-order valence-corrected chi connectivity index (χ4v) is 2.35. The molecule has 0 bridgehead atoms. The van der Waals surface area contributed by atoms with Gasteiger partial charge in [-0.3, -0.25) is 0 Å². The Hall–Kier alpha value is -0.790. The van der Waals surface area contributed by atoms with Gasteiger partial charge >= 0.3 is 0 Å². The second-order valence-corrected chi connectivity index (χ2v) is 4.22. The molecule has 14 heavy (non-hydrogen) atoms. The molecule has 2 atom stereocenters. The quantitative estimate of drug-likeness (QED) is 0.556. The second-order valence-electron chi connectivity index (χ2n) is 3.69. The third kappa shape index (κ3) is 1.28. The maximum Gasteiger partial charge on any atom is 0.124 e. The predicted octanol–water partition coefficient (Wildman–Crippen LogP) is 2.61. The van der Waals surface area contributed by atoms with Gasteiger partial charge in [0.1, 0.15) is 5.60 Å². The number of benzene rings is 1. The Balaban J connectivity index is 2.57. The van der Waals surface area contributed by atoms with Gasteiger partial charge in [-0.05, 0) is 24.0 Å². The van der Waals surface area contributed by atoms with Crippen LogP contribution in [0.3, 0.4) is 0 Å². The summed E-state index contributed by atoms with van der Waals surface area (Å²) in [7, 11) is 0. The van der Waals surface area contributed by atoms with Crippen molar-refractivity contribution in [3.8, 4) is 0 Å². The highest BCUT2D eigenvalue weighted by Gasteiger charge is 2.38. The molecule has 2 rings (SSSR count). The van der Waals surface area contributed by atoms with Gasteiger partial charge in [0, 0.05) is 0 Å². The van der Waals surface area contributed by atoms with E-state index in [0.717, 1.165) is 18.4 Å². The van der Waals surface area contributed by atoms with Gasteiger partial charge in [0.05, 0.1) is 5.38 Å². The first-order valence-corrected chi connectivity index (χ1v) is 5.20. The van der Waals surface area contributed by atoms with Crippen LogP contribution in [0.25, 0.3) is 0 Å². The van der Waals surface area contributed by atoms with Gasteiger partial charge < -0.3 is 5.11 Å². The van der Waals surface area contributed by atoms with Crippen LogP contribution in [0.2, 0.25) is 0 Å². The molecule has 0 aliphatic heterocycles. The van der Waals surface area contributed by atoms with E-state index >= 15 is 0 Å². The van der Waals surface area contributed by atoms with Crippen LogP contribution in [0.15, 0.2) is 36.9 Å². The van der Waals surface area contributed by atoms with E-state index in [1.807, 2.05) is 24.3 Å². The normalized spacial score (nSPS) is 30.9. The summed E-state index contributed by atoms with van der Waals surface area (Å²) in [5, 5.41) is 10.1. The average molecular weight is 209 g/mol. The van der Waals surface area contributed by atoms with E-state index in [-0.39, 0.29) is 5.38 Å². The van der Waals surface area contributed by atoms with Crippen LogP contribution in [-0.2, 0) is 12.0 Å². The third-order valence-corrected chi connectivity index (χ3v) is 3.46. The number of alkyl halides is 1. The Labute approximate surface area is 89.0 Å². The van der Waals surface area contributed by atoms with Crippen molar-refractivity contribution >= 4 is 11.6 Å². The number of rotatable bonds is 1. The molecule has 74 valence electrons. The highest BCUT2D eigenvalue weighted by atomic mass is 35.5. The van der Waals surface area contributed by atoms with Crippen molar-refractivity contribution in [3.05, 3.63) is 48.0 Å². The molecule has 1 nitrogen and oxygen atoms in total.